The fraction of sp³-hybridized carbons (Fsp3) is 0.941. The highest BCUT2D eigenvalue weighted by atomic mass is 32.2. The molecule has 0 amide bonds. The first-order chi connectivity index (χ1) is 10.9. The summed E-state index contributed by atoms with van der Waals surface area (Å²) in [4.78, 5) is 11.9. The van der Waals surface area contributed by atoms with Crippen molar-refractivity contribution in [3.05, 3.63) is 0 Å². The average molecular weight is 351 g/mol. The lowest BCUT2D eigenvalue weighted by molar-refractivity contribution is -0.143. The Morgan fingerprint density at radius 1 is 0.870 bits per heavy atom. The predicted octanol–water partition coefficient (Wildman–Crippen LogP) is 4.51. The van der Waals surface area contributed by atoms with Gasteiger partial charge in [0.2, 0.25) is 0 Å². The van der Waals surface area contributed by atoms with Crippen molar-refractivity contribution in [3.63, 3.8) is 0 Å². The van der Waals surface area contributed by atoms with E-state index in [1.54, 1.807) is 0 Å². The molecule has 1 atom stereocenters. The fourth-order valence-electron chi connectivity index (χ4n) is 2.47. The van der Waals surface area contributed by atoms with E-state index in [2.05, 4.69) is 13.8 Å². The minimum atomic E-state index is -4.39. The number of ether oxygens (including phenoxy) is 1. The summed E-state index contributed by atoms with van der Waals surface area (Å²) in [5, 5.41) is -1.43. The quantitative estimate of drug-likeness (QED) is 0.267. The molecule has 0 aliphatic heterocycles. The standard InChI is InChI=1S/C17H34O5S/c1-3-5-7-9-11-13-15-22-17(18)16(23(19,20)21)14-12-10-8-6-4-2/h16H,3-15H2,1-2H3,(H,19,20,21). The van der Waals surface area contributed by atoms with Gasteiger partial charge in [0.1, 0.15) is 0 Å². The van der Waals surface area contributed by atoms with Crippen LogP contribution < -0.4 is 0 Å². The van der Waals surface area contributed by atoms with E-state index < -0.39 is 21.3 Å². The van der Waals surface area contributed by atoms with Crippen molar-refractivity contribution in [1.82, 2.24) is 0 Å². The molecule has 138 valence electrons. The third kappa shape index (κ3) is 12.5. The Kier molecular flexibility index (Phi) is 13.4. The highest BCUT2D eigenvalue weighted by Gasteiger charge is 2.31. The zero-order valence-corrected chi connectivity index (χ0v) is 15.6. The molecule has 1 unspecified atom stereocenters. The van der Waals surface area contributed by atoms with Gasteiger partial charge in [-0.1, -0.05) is 78.1 Å². The van der Waals surface area contributed by atoms with Crippen molar-refractivity contribution in [1.29, 1.82) is 0 Å². The first-order valence-electron chi connectivity index (χ1n) is 9.06. The van der Waals surface area contributed by atoms with Crippen LogP contribution >= 0.6 is 0 Å². The molecule has 0 aromatic carbocycles. The second kappa shape index (κ2) is 13.8. The summed E-state index contributed by atoms with van der Waals surface area (Å²) >= 11 is 0. The van der Waals surface area contributed by atoms with Crippen LogP contribution in [0.15, 0.2) is 0 Å². The normalized spacial score (nSPS) is 13.0. The van der Waals surface area contributed by atoms with Crippen LogP contribution in [-0.4, -0.2) is 30.8 Å². The van der Waals surface area contributed by atoms with E-state index in [0.717, 1.165) is 44.9 Å². The van der Waals surface area contributed by atoms with Gasteiger partial charge in [0, 0.05) is 0 Å². The molecule has 0 saturated heterocycles. The molecule has 0 saturated carbocycles. The van der Waals surface area contributed by atoms with Crippen LogP contribution in [0.5, 0.6) is 0 Å². The molecule has 0 aromatic heterocycles. The smallest absolute Gasteiger partial charge is 0.326 e. The third-order valence-corrected chi connectivity index (χ3v) is 5.08. The SMILES string of the molecule is CCCCCCCCOC(=O)C(CCCCCCC)S(=O)(=O)O. The van der Waals surface area contributed by atoms with Crippen LogP contribution in [0.2, 0.25) is 0 Å². The number of rotatable bonds is 15. The van der Waals surface area contributed by atoms with Crippen molar-refractivity contribution in [2.75, 3.05) is 6.61 Å². The Balaban J connectivity index is 4.02. The maximum atomic E-state index is 11.9. The third-order valence-electron chi connectivity index (χ3n) is 3.93. The molecular weight excluding hydrogens is 316 g/mol. The monoisotopic (exact) mass is 350 g/mol. The molecule has 0 aliphatic rings. The predicted molar refractivity (Wildman–Crippen MR) is 93.0 cm³/mol. The van der Waals surface area contributed by atoms with Crippen LogP contribution in [0.1, 0.15) is 90.9 Å². The molecule has 1 N–H and O–H groups in total. The van der Waals surface area contributed by atoms with E-state index in [1.807, 2.05) is 0 Å². The van der Waals surface area contributed by atoms with Crippen LogP contribution in [0.25, 0.3) is 0 Å². The topological polar surface area (TPSA) is 80.7 Å². The summed E-state index contributed by atoms with van der Waals surface area (Å²) in [6.45, 7) is 4.48. The van der Waals surface area contributed by atoms with Crippen molar-refractivity contribution in [3.8, 4) is 0 Å². The maximum Gasteiger partial charge on any atom is 0.326 e. The molecule has 23 heavy (non-hydrogen) atoms. The van der Waals surface area contributed by atoms with Gasteiger partial charge in [-0.05, 0) is 12.8 Å². The lowest BCUT2D eigenvalue weighted by atomic mass is 10.1. The highest BCUT2D eigenvalue weighted by molar-refractivity contribution is 7.87. The van der Waals surface area contributed by atoms with E-state index in [1.165, 1.54) is 19.3 Å². The molecule has 5 nitrogen and oxygen atoms in total. The van der Waals surface area contributed by atoms with Gasteiger partial charge in [-0.2, -0.15) is 8.42 Å². The number of hydrogen-bond donors (Lipinski definition) is 1. The zero-order valence-electron chi connectivity index (χ0n) is 14.8. The van der Waals surface area contributed by atoms with Gasteiger partial charge in [-0.25, -0.2) is 0 Å². The van der Waals surface area contributed by atoms with E-state index >= 15 is 0 Å². The molecule has 0 aliphatic carbocycles. The minimum absolute atomic E-state index is 0.137. The molecule has 0 fully saturated rings. The summed E-state index contributed by atoms with van der Waals surface area (Å²) in [5.74, 6) is -0.809. The van der Waals surface area contributed by atoms with Crippen molar-refractivity contribution < 1.29 is 22.5 Å². The number of esters is 1. The molecule has 0 bridgehead atoms. The molecule has 0 aromatic rings. The Labute approximate surface area is 141 Å². The van der Waals surface area contributed by atoms with Gasteiger partial charge >= 0.3 is 5.97 Å². The summed E-state index contributed by atoms with van der Waals surface area (Å²) in [6.07, 6.45) is 11.2. The Bertz CT molecular complexity index is 392. The zero-order chi connectivity index (χ0) is 17.6. The highest BCUT2D eigenvalue weighted by Crippen LogP contribution is 2.14. The van der Waals surface area contributed by atoms with Crippen LogP contribution in [0.4, 0.5) is 0 Å². The fourth-order valence-corrected chi connectivity index (χ4v) is 3.25. The van der Waals surface area contributed by atoms with Gasteiger partial charge < -0.3 is 4.74 Å². The van der Waals surface area contributed by atoms with Crippen molar-refractivity contribution in [2.45, 2.75) is 96.1 Å². The molecule has 0 heterocycles. The molecule has 0 radical (unpaired) electrons. The van der Waals surface area contributed by atoms with E-state index in [4.69, 9.17) is 4.74 Å². The van der Waals surface area contributed by atoms with Gasteiger partial charge in [0.05, 0.1) is 6.61 Å². The summed E-state index contributed by atoms with van der Waals surface area (Å²) in [5.41, 5.74) is 0. The Hall–Kier alpha value is -0.620. The van der Waals surface area contributed by atoms with Crippen molar-refractivity contribution >= 4 is 16.1 Å². The summed E-state index contributed by atoms with van der Waals surface area (Å²) in [7, 11) is -4.39. The second-order valence-corrected chi connectivity index (χ2v) is 7.74. The van der Waals surface area contributed by atoms with Crippen molar-refractivity contribution in [2.24, 2.45) is 0 Å². The summed E-state index contributed by atoms with van der Waals surface area (Å²) < 4.78 is 37.0. The largest absolute Gasteiger partial charge is 0.465 e. The average Bonchev–Trinajstić information content (AvgIpc) is 2.48. The number of unbranched alkanes of at least 4 members (excludes halogenated alkanes) is 9. The van der Waals surface area contributed by atoms with E-state index in [9.17, 15) is 17.8 Å². The van der Waals surface area contributed by atoms with Crippen LogP contribution in [0, 0.1) is 0 Å². The van der Waals surface area contributed by atoms with Crippen LogP contribution in [0.3, 0.4) is 0 Å². The second-order valence-electron chi connectivity index (χ2n) is 6.14. The van der Waals surface area contributed by atoms with E-state index in [0.29, 0.717) is 6.42 Å². The maximum absolute atomic E-state index is 11.9. The minimum Gasteiger partial charge on any atom is -0.465 e. The van der Waals surface area contributed by atoms with Gasteiger partial charge in [-0.15, -0.1) is 0 Å². The van der Waals surface area contributed by atoms with Gasteiger partial charge in [0.25, 0.3) is 10.1 Å². The first-order valence-corrected chi connectivity index (χ1v) is 10.6. The van der Waals surface area contributed by atoms with Gasteiger partial charge in [-0.3, -0.25) is 9.35 Å². The number of hydrogen-bond acceptors (Lipinski definition) is 4. The Morgan fingerprint density at radius 2 is 1.35 bits per heavy atom. The van der Waals surface area contributed by atoms with E-state index in [-0.39, 0.29) is 13.0 Å². The molecule has 0 spiro atoms. The molecule has 6 heteroatoms. The molecule has 0 rings (SSSR count). The lowest BCUT2D eigenvalue weighted by Crippen LogP contribution is -2.32. The summed E-state index contributed by atoms with van der Waals surface area (Å²) in [6, 6.07) is 0. The number of carbonyl (C=O) groups excluding carboxylic acids is 1. The molecular formula is C17H34O5S. The van der Waals surface area contributed by atoms with Crippen LogP contribution in [-0.2, 0) is 19.6 Å². The van der Waals surface area contributed by atoms with Gasteiger partial charge in [0.15, 0.2) is 5.25 Å². The first kappa shape index (κ1) is 22.4. The Morgan fingerprint density at radius 3 is 1.87 bits per heavy atom. The number of carbonyl (C=O) groups is 1. The lowest BCUT2D eigenvalue weighted by Gasteiger charge is -2.13.